The molecule has 1 amide bonds. The van der Waals surface area contributed by atoms with Crippen LogP contribution in [-0.4, -0.2) is 30.1 Å². The SMILES string of the molecule is CC(NC(=O)c1nc(Br)sc1Cl)C1CCOC1. The van der Waals surface area contributed by atoms with Gasteiger partial charge in [-0.2, -0.15) is 0 Å². The molecule has 94 valence electrons. The van der Waals surface area contributed by atoms with Crippen molar-refractivity contribution in [3.63, 3.8) is 0 Å². The van der Waals surface area contributed by atoms with Gasteiger partial charge in [0, 0.05) is 18.6 Å². The third kappa shape index (κ3) is 3.19. The van der Waals surface area contributed by atoms with Crippen molar-refractivity contribution in [3.05, 3.63) is 13.9 Å². The summed E-state index contributed by atoms with van der Waals surface area (Å²) in [5, 5.41) is 2.91. The molecule has 0 aromatic carbocycles. The van der Waals surface area contributed by atoms with E-state index in [2.05, 4.69) is 26.2 Å². The molecule has 17 heavy (non-hydrogen) atoms. The Kier molecular flexibility index (Phi) is 4.41. The van der Waals surface area contributed by atoms with E-state index in [0.717, 1.165) is 13.0 Å². The maximum absolute atomic E-state index is 11.9. The van der Waals surface area contributed by atoms with E-state index in [-0.39, 0.29) is 17.6 Å². The predicted molar refractivity (Wildman–Crippen MR) is 70.7 cm³/mol. The summed E-state index contributed by atoms with van der Waals surface area (Å²) in [5.41, 5.74) is 0.286. The van der Waals surface area contributed by atoms with Crippen LogP contribution in [0.4, 0.5) is 0 Å². The number of carbonyl (C=O) groups excluding carboxylic acids is 1. The smallest absolute Gasteiger partial charge is 0.272 e. The first-order valence-corrected chi connectivity index (χ1v) is 7.27. The van der Waals surface area contributed by atoms with Gasteiger partial charge in [-0.05, 0) is 29.3 Å². The van der Waals surface area contributed by atoms with Gasteiger partial charge in [0.1, 0.15) is 4.34 Å². The molecule has 2 heterocycles. The number of hydrogen-bond donors (Lipinski definition) is 1. The molecule has 0 aliphatic carbocycles. The molecule has 1 aromatic heterocycles. The van der Waals surface area contributed by atoms with E-state index < -0.39 is 0 Å². The third-order valence-corrected chi connectivity index (χ3v) is 4.51. The lowest BCUT2D eigenvalue weighted by atomic mass is 10.0. The zero-order chi connectivity index (χ0) is 12.4. The predicted octanol–water partition coefficient (Wildman–Crippen LogP) is 2.71. The van der Waals surface area contributed by atoms with Crippen molar-refractivity contribution in [2.75, 3.05) is 13.2 Å². The van der Waals surface area contributed by atoms with Gasteiger partial charge in [-0.3, -0.25) is 4.79 Å². The summed E-state index contributed by atoms with van der Waals surface area (Å²) in [6, 6.07) is 0.0709. The van der Waals surface area contributed by atoms with Crippen LogP contribution in [0.5, 0.6) is 0 Å². The zero-order valence-electron chi connectivity index (χ0n) is 9.20. The number of amides is 1. The number of rotatable bonds is 3. The molecule has 4 nitrogen and oxygen atoms in total. The van der Waals surface area contributed by atoms with Crippen LogP contribution in [0.25, 0.3) is 0 Å². The lowest BCUT2D eigenvalue weighted by Gasteiger charge is -2.18. The molecule has 1 aliphatic heterocycles. The second kappa shape index (κ2) is 5.65. The number of thiazole rings is 1. The molecular weight excluding hydrogens is 328 g/mol. The molecule has 1 saturated heterocycles. The molecule has 1 aromatic rings. The second-order valence-electron chi connectivity index (χ2n) is 3.97. The van der Waals surface area contributed by atoms with E-state index in [0.29, 0.717) is 20.8 Å². The minimum Gasteiger partial charge on any atom is -0.381 e. The Morgan fingerprint density at radius 2 is 2.53 bits per heavy atom. The Hall–Kier alpha value is -0.170. The maximum Gasteiger partial charge on any atom is 0.272 e. The lowest BCUT2D eigenvalue weighted by molar-refractivity contribution is 0.0918. The molecule has 0 saturated carbocycles. The summed E-state index contributed by atoms with van der Waals surface area (Å²) >= 11 is 10.4. The molecule has 1 aliphatic rings. The van der Waals surface area contributed by atoms with Crippen LogP contribution in [0.2, 0.25) is 4.34 Å². The van der Waals surface area contributed by atoms with E-state index in [1.165, 1.54) is 11.3 Å². The molecule has 0 bridgehead atoms. The molecule has 0 radical (unpaired) electrons. The summed E-state index contributed by atoms with van der Waals surface area (Å²) in [6.07, 6.45) is 0.982. The molecular formula is C10H12BrClN2O2S. The Balaban J connectivity index is 1.98. The summed E-state index contributed by atoms with van der Waals surface area (Å²) in [7, 11) is 0. The van der Waals surface area contributed by atoms with Gasteiger partial charge >= 0.3 is 0 Å². The lowest BCUT2D eigenvalue weighted by Crippen LogP contribution is -2.38. The average Bonchev–Trinajstić information content (AvgIpc) is 2.87. The fraction of sp³-hybridized carbons (Fsp3) is 0.600. The van der Waals surface area contributed by atoms with Crippen LogP contribution in [0.15, 0.2) is 3.92 Å². The van der Waals surface area contributed by atoms with E-state index >= 15 is 0 Å². The van der Waals surface area contributed by atoms with Gasteiger partial charge in [0.25, 0.3) is 5.91 Å². The summed E-state index contributed by atoms with van der Waals surface area (Å²) in [4.78, 5) is 16.0. The highest BCUT2D eigenvalue weighted by atomic mass is 79.9. The Morgan fingerprint density at radius 1 is 1.76 bits per heavy atom. The van der Waals surface area contributed by atoms with E-state index in [9.17, 15) is 4.79 Å². The average molecular weight is 340 g/mol. The monoisotopic (exact) mass is 338 g/mol. The van der Waals surface area contributed by atoms with Gasteiger partial charge in [0.2, 0.25) is 0 Å². The van der Waals surface area contributed by atoms with E-state index in [4.69, 9.17) is 16.3 Å². The zero-order valence-corrected chi connectivity index (χ0v) is 12.4. The van der Waals surface area contributed by atoms with Crippen molar-refractivity contribution in [1.82, 2.24) is 10.3 Å². The minimum absolute atomic E-state index is 0.0709. The normalized spacial score (nSPS) is 21.5. The molecule has 2 atom stereocenters. The molecule has 2 rings (SSSR count). The number of ether oxygens (including phenoxy) is 1. The maximum atomic E-state index is 11.9. The summed E-state index contributed by atoms with van der Waals surface area (Å²) < 4.78 is 6.32. The Bertz CT molecular complexity index is 420. The number of nitrogens with zero attached hydrogens (tertiary/aromatic N) is 1. The summed E-state index contributed by atoms with van der Waals surface area (Å²) in [6.45, 7) is 3.45. The van der Waals surface area contributed by atoms with Crippen LogP contribution in [0.3, 0.4) is 0 Å². The molecule has 1 fully saturated rings. The van der Waals surface area contributed by atoms with Crippen molar-refractivity contribution in [3.8, 4) is 0 Å². The highest BCUT2D eigenvalue weighted by Crippen LogP contribution is 2.28. The first-order valence-electron chi connectivity index (χ1n) is 5.28. The Morgan fingerprint density at radius 3 is 3.06 bits per heavy atom. The van der Waals surface area contributed by atoms with Crippen molar-refractivity contribution < 1.29 is 9.53 Å². The first-order chi connectivity index (χ1) is 8.08. The number of nitrogens with one attached hydrogen (secondary N) is 1. The number of carbonyl (C=O) groups is 1. The highest BCUT2D eigenvalue weighted by Gasteiger charge is 2.25. The number of aromatic nitrogens is 1. The van der Waals surface area contributed by atoms with Crippen LogP contribution in [-0.2, 0) is 4.74 Å². The second-order valence-corrected chi connectivity index (χ2v) is 6.85. The van der Waals surface area contributed by atoms with Gasteiger partial charge in [0.05, 0.1) is 6.61 Å². The standard InChI is InChI=1S/C10H12BrClN2O2S/c1-5(6-2-3-16-4-6)13-9(15)7-8(12)17-10(11)14-7/h5-6H,2-4H2,1H3,(H,13,15). The third-order valence-electron chi connectivity index (χ3n) is 2.81. The fourth-order valence-corrected chi connectivity index (χ4v) is 3.57. The molecule has 2 unspecified atom stereocenters. The van der Waals surface area contributed by atoms with Gasteiger partial charge in [-0.15, -0.1) is 0 Å². The van der Waals surface area contributed by atoms with Crippen molar-refractivity contribution in [2.45, 2.75) is 19.4 Å². The summed E-state index contributed by atoms with van der Waals surface area (Å²) in [5.74, 6) is 0.149. The highest BCUT2D eigenvalue weighted by molar-refractivity contribution is 9.11. The number of hydrogen-bond acceptors (Lipinski definition) is 4. The van der Waals surface area contributed by atoms with Crippen LogP contribution < -0.4 is 5.32 Å². The van der Waals surface area contributed by atoms with Crippen LogP contribution >= 0.6 is 38.9 Å². The molecule has 7 heteroatoms. The fourth-order valence-electron chi connectivity index (χ4n) is 1.76. The van der Waals surface area contributed by atoms with Gasteiger partial charge < -0.3 is 10.1 Å². The van der Waals surface area contributed by atoms with Crippen molar-refractivity contribution in [2.24, 2.45) is 5.92 Å². The number of halogens is 2. The molecule has 0 spiro atoms. The largest absolute Gasteiger partial charge is 0.381 e. The van der Waals surface area contributed by atoms with Gasteiger partial charge in [0.15, 0.2) is 9.61 Å². The van der Waals surface area contributed by atoms with Crippen molar-refractivity contribution >= 4 is 44.8 Å². The van der Waals surface area contributed by atoms with Crippen LogP contribution in [0.1, 0.15) is 23.8 Å². The van der Waals surface area contributed by atoms with Crippen molar-refractivity contribution in [1.29, 1.82) is 0 Å². The van der Waals surface area contributed by atoms with Gasteiger partial charge in [-0.1, -0.05) is 22.9 Å². The van der Waals surface area contributed by atoms with E-state index in [1.807, 2.05) is 6.92 Å². The minimum atomic E-state index is -0.226. The van der Waals surface area contributed by atoms with E-state index in [1.54, 1.807) is 0 Å². The Labute approximate surface area is 117 Å². The van der Waals surface area contributed by atoms with Gasteiger partial charge in [-0.25, -0.2) is 4.98 Å². The quantitative estimate of drug-likeness (QED) is 0.921. The topological polar surface area (TPSA) is 51.2 Å². The first kappa shape index (κ1) is 13.3. The molecule has 1 N–H and O–H groups in total. The van der Waals surface area contributed by atoms with Crippen LogP contribution in [0, 0.1) is 5.92 Å².